The fourth-order valence-corrected chi connectivity index (χ4v) is 3.40. The van der Waals surface area contributed by atoms with E-state index in [0.717, 1.165) is 22.4 Å². The number of thioether (sulfide) groups is 1. The summed E-state index contributed by atoms with van der Waals surface area (Å²) in [5.74, 6) is 1.96. The second-order valence-electron chi connectivity index (χ2n) is 6.59. The SMILES string of the molecule is Cc1nnc(SCC(=O)NCc2ccc(N(C)C)nc2)n1Cc1ccccc1. The number of benzene rings is 1. The molecule has 0 fully saturated rings. The van der Waals surface area contributed by atoms with Crippen LogP contribution in [0.2, 0.25) is 0 Å². The molecule has 146 valence electrons. The zero-order valence-electron chi connectivity index (χ0n) is 16.3. The smallest absolute Gasteiger partial charge is 0.230 e. The van der Waals surface area contributed by atoms with Crippen molar-refractivity contribution in [3.05, 3.63) is 65.6 Å². The molecule has 0 aliphatic rings. The number of nitrogens with zero attached hydrogens (tertiary/aromatic N) is 5. The Labute approximate surface area is 169 Å². The molecular formula is C20H24N6OS. The van der Waals surface area contributed by atoms with Gasteiger partial charge in [-0.3, -0.25) is 4.79 Å². The van der Waals surface area contributed by atoms with E-state index in [1.807, 2.05) is 60.8 Å². The summed E-state index contributed by atoms with van der Waals surface area (Å²) >= 11 is 1.39. The first-order chi connectivity index (χ1) is 13.5. The predicted molar refractivity (Wildman–Crippen MR) is 111 cm³/mol. The summed E-state index contributed by atoms with van der Waals surface area (Å²) in [6.07, 6.45) is 1.78. The third-order valence-electron chi connectivity index (χ3n) is 4.17. The van der Waals surface area contributed by atoms with Gasteiger partial charge in [-0.2, -0.15) is 0 Å². The van der Waals surface area contributed by atoms with E-state index in [9.17, 15) is 4.79 Å². The average molecular weight is 397 g/mol. The third-order valence-corrected chi connectivity index (χ3v) is 5.14. The van der Waals surface area contributed by atoms with Gasteiger partial charge in [-0.25, -0.2) is 4.98 Å². The normalized spacial score (nSPS) is 10.7. The lowest BCUT2D eigenvalue weighted by Gasteiger charge is -2.11. The van der Waals surface area contributed by atoms with Crippen LogP contribution in [0.5, 0.6) is 0 Å². The lowest BCUT2D eigenvalue weighted by atomic mass is 10.2. The fourth-order valence-electron chi connectivity index (χ4n) is 2.58. The van der Waals surface area contributed by atoms with Crippen molar-refractivity contribution in [3.63, 3.8) is 0 Å². The van der Waals surface area contributed by atoms with E-state index in [-0.39, 0.29) is 11.7 Å². The molecule has 0 saturated carbocycles. The maximum absolute atomic E-state index is 12.2. The molecule has 0 bridgehead atoms. The topological polar surface area (TPSA) is 75.9 Å². The minimum Gasteiger partial charge on any atom is -0.363 e. The van der Waals surface area contributed by atoms with Gasteiger partial charge in [0, 0.05) is 26.8 Å². The molecule has 1 N–H and O–H groups in total. The number of carbonyl (C=O) groups is 1. The van der Waals surface area contributed by atoms with Gasteiger partial charge in [0.1, 0.15) is 11.6 Å². The Kier molecular flexibility index (Phi) is 6.65. The molecule has 2 heterocycles. The van der Waals surface area contributed by atoms with Crippen LogP contribution in [-0.2, 0) is 17.9 Å². The molecule has 0 aliphatic carbocycles. The Hall–Kier alpha value is -2.87. The number of anilines is 1. The lowest BCUT2D eigenvalue weighted by Crippen LogP contribution is -2.25. The van der Waals surface area contributed by atoms with Crippen LogP contribution in [0.25, 0.3) is 0 Å². The van der Waals surface area contributed by atoms with Crippen molar-refractivity contribution in [1.29, 1.82) is 0 Å². The van der Waals surface area contributed by atoms with Gasteiger partial charge in [-0.05, 0) is 24.1 Å². The first-order valence-corrected chi connectivity index (χ1v) is 9.97. The van der Waals surface area contributed by atoms with Gasteiger partial charge in [0.2, 0.25) is 5.91 Å². The molecule has 0 spiro atoms. The van der Waals surface area contributed by atoms with Gasteiger partial charge >= 0.3 is 0 Å². The zero-order valence-corrected chi connectivity index (χ0v) is 17.1. The zero-order chi connectivity index (χ0) is 19.9. The number of hydrogen-bond donors (Lipinski definition) is 1. The molecule has 1 aromatic carbocycles. The minimum atomic E-state index is -0.0476. The van der Waals surface area contributed by atoms with Crippen LogP contribution in [0.15, 0.2) is 53.8 Å². The van der Waals surface area contributed by atoms with Crippen molar-refractivity contribution in [2.45, 2.75) is 25.2 Å². The average Bonchev–Trinajstić information content (AvgIpc) is 3.05. The first-order valence-electron chi connectivity index (χ1n) is 8.98. The van der Waals surface area contributed by atoms with E-state index in [2.05, 4.69) is 32.6 Å². The number of aryl methyl sites for hydroxylation is 1. The molecule has 8 heteroatoms. The summed E-state index contributed by atoms with van der Waals surface area (Å²) in [5, 5.41) is 12.0. The maximum atomic E-state index is 12.2. The minimum absolute atomic E-state index is 0.0476. The summed E-state index contributed by atoms with van der Waals surface area (Å²) in [6, 6.07) is 14.0. The standard InChI is InChI=1S/C20H24N6OS/c1-15-23-24-20(26(15)13-16-7-5-4-6-8-16)28-14-19(27)22-12-17-9-10-18(21-11-17)25(2)3/h4-11H,12-14H2,1-3H3,(H,22,27). The molecule has 3 rings (SSSR count). The Balaban J connectivity index is 1.52. The van der Waals surface area contributed by atoms with Gasteiger partial charge in [0.25, 0.3) is 0 Å². The molecule has 1 amide bonds. The second kappa shape index (κ2) is 9.36. The monoisotopic (exact) mass is 396 g/mol. The number of carbonyl (C=O) groups excluding carboxylic acids is 1. The number of nitrogens with one attached hydrogen (secondary N) is 1. The van der Waals surface area contributed by atoms with Crippen LogP contribution >= 0.6 is 11.8 Å². The summed E-state index contributed by atoms with van der Waals surface area (Å²) in [5.41, 5.74) is 2.14. The number of rotatable bonds is 8. The molecular weight excluding hydrogens is 372 g/mol. The largest absolute Gasteiger partial charge is 0.363 e. The van der Waals surface area contributed by atoms with E-state index >= 15 is 0 Å². The molecule has 28 heavy (non-hydrogen) atoms. The molecule has 0 radical (unpaired) electrons. The lowest BCUT2D eigenvalue weighted by molar-refractivity contribution is -0.118. The van der Waals surface area contributed by atoms with Crippen LogP contribution in [0.3, 0.4) is 0 Å². The van der Waals surface area contributed by atoms with Crippen molar-refractivity contribution >= 4 is 23.5 Å². The van der Waals surface area contributed by atoms with Crippen molar-refractivity contribution in [2.24, 2.45) is 0 Å². The fraction of sp³-hybridized carbons (Fsp3) is 0.300. The highest BCUT2D eigenvalue weighted by molar-refractivity contribution is 7.99. The summed E-state index contributed by atoms with van der Waals surface area (Å²) < 4.78 is 2.02. The van der Waals surface area contributed by atoms with E-state index in [4.69, 9.17) is 0 Å². The van der Waals surface area contributed by atoms with Gasteiger partial charge in [0.05, 0.1) is 12.3 Å². The molecule has 0 unspecified atom stereocenters. The highest BCUT2D eigenvalue weighted by atomic mass is 32.2. The maximum Gasteiger partial charge on any atom is 0.230 e. The van der Waals surface area contributed by atoms with Gasteiger partial charge < -0.3 is 14.8 Å². The highest BCUT2D eigenvalue weighted by Gasteiger charge is 2.12. The second-order valence-corrected chi connectivity index (χ2v) is 7.53. The van der Waals surface area contributed by atoms with Crippen LogP contribution in [0.4, 0.5) is 5.82 Å². The number of amides is 1. The molecule has 2 aromatic heterocycles. The van der Waals surface area contributed by atoms with Crippen molar-refractivity contribution in [2.75, 3.05) is 24.7 Å². The van der Waals surface area contributed by atoms with Crippen LogP contribution in [0.1, 0.15) is 17.0 Å². The first kappa shape index (κ1) is 19.9. The Morgan fingerprint density at radius 3 is 2.57 bits per heavy atom. The molecule has 0 aliphatic heterocycles. The summed E-state index contributed by atoms with van der Waals surface area (Å²) in [4.78, 5) is 18.5. The van der Waals surface area contributed by atoms with Crippen molar-refractivity contribution in [1.82, 2.24) is 25.1 Å². The van der Waals surface area contributed by atoms with Crippen LogP contribution in [-0.4, -0.2) is 45.5 Å². The quantitative estimate of drug-likeness (QED) is 0.590. The van der Waals surface area contributed by atoms with Gasteiger partial charge in [0.15, 0.2) is 5.16 Å². The van der Waals surface area contributed by atoms with E-state index in [0.29, 0.717) is 13.1 Å². The number of pyridine rings is 1. The molecule has 0 atom stereocenters. The Bertz CT molecular complexity index is 908. The predicted octanol–water partition coefficient (Wildman–Crippen LogP) is 2.50. The van der Waals surface area contributed by atoms with Crippen LogP contribution < -0.4 is 10.2 Å². The van der Waals surface area contributed by atoms with Gasteiger partial charge in [-0.1, -0.05) is 48.2 Å². The van der Waals surface area contributed by atoms with Crippen molar-refractivity contribution in [3.8, 4) is 0 Å². The van der Waals surface area contributed by atoms with Crippen LogP contribution in [0, 0.1) is 6.92 Å². The Morgan fingerprint density at radius 1 is 1.11 bits per heavy atom. The Morgan fingerprint density at radius 2 is 1.89 bits per heavy atom. The number of aromatic nitrogens is 4. The van der Waals surface area contributed by atoms with E-state index < -0.39 is 0 Å². The third kappa shape index (κ3) is 5.32. The highest BCUT2D eigenvalue weighted by Crippen LogP contribution is 2.18. The van der Waals surface area contributed by atoms with Crippen molar-refractivity contribution < 1.29 is 4.79 Å². The number of hydrogen-bond acceptors (Lipinski definition) is 6. The van der Waals surface area contributed by atoms with E-state index in [1.165, 1.54) is 17.3 Å². The molecule has 3 aromatic rings. The van der Waals surface area contributed by atoms with Gasteiger partial charge in [-0.15, -0.1) is 10.2 Å². The molecule has 0 saturated heterocycles. The summed E-state index contributed by atoms with van der Waals surface area (Å²) in [6.45, 7) is 3.06. The van der Waals surface area contributed by atoms with E-state index in [1.54, 1.807) is 6.20 Å². The molecule has 7 nitrogen and oxygen atoms in total. The summed E-state index contributed by atoms with van der Waals surface area (Å²) in [7, 11) is 3.89.